The third kappa shape index (κ3) is 5.42. The van der Waals surface area contributed by atoms with Crippen molar-refractivity contribution in [3.05, 3.63) is 87.3 Å². The number of nitrogens with two attached hydrogens (primary N) is 1. The van der Waals surface area contributed by atoms with Gasteiger partial charge in [-0.05, 0) is 48.1 Å². The van der Waals surface area contributed by atoms with Crippen molar-refractivity contribution in [3.63, 3.8) is 0 Å². The van der Waals surface area contributed by atoms with E-state index in [-0.39, 0.29) is 17.0 Å². The smallest absolute Gasteiger partial charge is 0.219 e. The highest BCUT2D eigenvalue weighted by atomic mass is 35.5. The molecule has 2 aromatic carbocycles. The first-order chi connectivity index (χ1) is 18.7. The van der Waals surface area contributed by atoms with Crippen molar-refractivity contribution in [3.8, 4) is 11.8 Å². The third-order valence-corrected chi connectivity index (χ3v) is 9.26. The highest BCUT2D eigenvalue weighted by molar-refractivity contribution is 8.00. The lowest BCUT2D eigenvalue weighted by atomic mass is 9.68. The molecule has 1 aliphatic carbocycles. The summed E-state index contributed by atoms with van der Waals surface area (Å²) in [6, 6.07) is 17.5. The average Bonchev–Trinajstić information content (AvgIpc) is 3.36. The van der Waals surface area contributed by atoms with Gasteiger partial charge in [0.1, 0.15) is 11.6 Å². The zero-order valence-corrected chi connectivity index (χ0v) is 24.3. The monoisotopic (exact) mass is 577 g/mol. The van der Waals surface area contributed by atoms with Gasteiger partial charge in [-0.25, -0.2) is 0 Å². The molecule has 0 saturated heterocycles. The SMILES string of the molecule is CCOc1ccc([C@@H]2C(C#N)=C(N)N(c3nnc(SCc4ccccc4Cl)s3)C3=C2C(=O)CC(C)(C)C3)cc1. The van der Waals surface area contributed by atoms with Crippen molar-refractivity contribution < 1.29 is 9.53 Å². The Kier molecular flexibility index (Phi) is 7.72. The number of anilines is 1. The Hall–Kier alpha value is -3.32. The minimum Gasteiger partial charge on any atom is -0.494 e. The maximum atomic E-state index is 13.7. The predicted octanol–water partition coefficient (Wildman–Crippen LogP) is 6.82. The molecule has 0 radical (unpaired) electrons. The first-order valence-corrected chi connectivity index (χ1v) is 14.8. The fourth-order valence-corrected chi connectivity index (χ4v) is 7.26. The van der Waals surface area contributed by atoms with Gasteiger partial charge in [-0.3, -0.25) is 9.69 Å². The van der Waals surface area contributed by atoms with Gasteiger partial charge in [0.05, 0.1) is 24.2 Å². The normalized spacial score (nSPS) is 18.7. The lowest BCUT2D eigenvalue weighted by molar-refractivity contribution is -0.118. The van der Waals surface area contributed by atoms with E-state index in [9.17, 15) is 10.1 Å². The highest BCUT2D eigenvalue weighted by Gasteiger charge is 2.45. The third-order valence-electron chi connectivity index (χ3n) is 6.80. The topological polar surface area (TPSA) is 105 Å². The largest absolute Gasteiger partial charge is 0.494 e. The Bertz CT molecular complexity index is 1520. The number of carbonyl (C=O) groups excluding carboxylic acids is 1. The molecular formula is C29H28ClN5O2S2. The molecule has 2 N–H and O–H groups in total. The summed E-state index contributed by atoms with van der Waals surface area (Å²) < 4.78 is 6.34. The van der Waals surface area contributed by atoms with Crippen LogP contribution in [0.4, 0.5) is 5.13 Å². The van der Waals surface area contributed by atoms with Crippen LogP contribution in [0.15, 0.2) is 75.5 Å². The number of hydrogen-bond acceptors (Lipinski definition) is 9. The van der Waals surface area contributed by atoms with Crippen LogP contribution in [-0.4, -0.2) is 22.6 Å². The number of carbonyl (C=O) groups is 1. The number of ketones is 1. The molecule has 2 aliphatic rings. The summed E-state index contributed by atoms with van der Waals surface area (Å²) in [6.07, 6.45) is 1.00. The second-order valence-corrected chi connectivity index (χ2v) is 12.8. The molecule has 3 aromatic rings. The average molecular weight is 578 g/mol. The van der Waals surface area contributed by atoms with E-state index in [1.165, 1.54) is 23.1 Å². The molecule has 10 heteroatoms. The summed E-state index contributed by atoms with van der Waals surface area (Å²) in [5, 5.41) is 20.4. The molecule has 1 aliphatic heterocycles. The van der Waals surface area contributed by atoms with E-state index in [2.05, 4.69) is 30.1 Å². The zero-order chi connectivity index (χ0) is 27.7. The predicted molar refractivity (Wildman–Crippen MR) is 156 cm³/mol. The van der Waals surface area contributed by atoms with Crippen molar-refractivity contribution in [2.75, 3.05) is 11.5 Å². The Morgan fingerprint density at radius 3 is 2.64 bits per heavy atom. The number of hydrogen-bond donors (Lipinski definition) is 1. The van der Waals surface area contributed by atoms with Crippen molar-refractivity contribution in [1.82, 2.24) is 10.2 Å². The number of nitrogens with zero attached hydrogens (tertiary/aromatic N) is 4. The van der Waals surface area contributed by atoms with Crippen molar-refractivity contribution in [1.29, 1.82) is 5.26 Å². The van der Waals surface area contributed by atoms with E-state index in [0.29, 0.717) is 46.5 Å². The van der Waals surface area contributed by atoms with Gasteiger partial charge >= 0.3 is 0 Å². The van der Waals surface area contributed by atoms with Gasteiger partial charge in [0, 0.05) is 28.5 Å². The number of nitriles is 1. The Morgan fingerprint density at radius 1 is 1.21 bits per heavy atom. The summed E-state index contributed by atoms with van der Waals surface area (Å²) in [5.41, 5.74) is 10.0. The van der Waals surface area contributed by atoms with Gasteiger partial charge in [-0.15, -0.1) is 10.2 Å². The minimum absolute atomic E-state index is 0.0169. The van der Waals surface area contributed by atoms with Gasteiger partial charge in [0.2, 0.25) is 5.13 Å². The molecule has 0 fully saturated rings. The molecule has 0 bridgehead atoms. The van der Waals surface area contributed by atoms with Crippen LogP contribution < -0.4 is 15.4 Å². The van der Waals surface area contributed by atoms with Crippen molar-refractivity contribution >= 4 is 45.6 Å². The van der Waals surface area contributed by atoms with Crippen LogP contribution in [0.1, 0.15) is 50.7 Å². The summed E-state index contributed by atoms with van der Waals surface area (Å²) in [7, 11) is 0. The van der Waals surface area contributed by atoms with Crippen LogP contribution in [-0.2, 0) is 10.5 Å². The Morgan fingerprint density at radius 2 is 1.95 bits per heavy atom. The number of allylic oxidation sites excluding steroid dienone is 3. The molecule has 39 heavy (non-hydrogen) atoms. The first kappa shape index (κ1) is 27.3. The van der Waals surface area contributed by atoms with Crippen LogP contribution in [0.2, 0.25) is 5.02 Å². The Labute approximate surface area is 241 Å². The van der Waals surface area contributed by atoms with E-state index < -0.39 is 5.92 Å². The van der Waals surface area contributed by atoms with Crippen molar-refractivity contribution in [2.45, 2.75) is 49.6 Å². The lowest BCUT2D eigenvalue weighted by Crippen LogP contribution is -2.42. The number of thioether (sulfide) groups is 1. The summed E-state index contributed by atoms with van der Waals surface area (Å²) in [5.74, 6) is 1.11. The molecular weight excluding hydrogens is 550 g/mol. The molecule has 0 unspecified atom stereocenters. The van der Waals surface area contributed by atoms with Gasteiger partial charge in [0.25, 0.3) is 0 Å². The maximum absolute atomic E-state index is 13.7. The van der Waals surface area contributed by atoms with E-state index in [1.807, 2.05) is 55.5 Å². The van der Waals surface area contributed by atoms with E-state index in [1.54, 1.807) is 4.90 Å². The van der Waals surface area contributed by atoms with E-state index in [4.69, 9.17) is 22.1 Å². The fraction of sp³-hybridized carbons (Fsp3) is 0.310. The van der Waals surface area contributed by atoms with Gasteiger partial charge in [-0.1, -0.05) is 78.9 Å². The quantitative estimate of drug-likeness (QED) is 0.305. The summed E-state index contributed by atoms with van der Waals surface area (Å²) >= 11 is 9.23. The number of halogens is 1. The zero-order valence-electron chi connectivity index (χ0n) is 21.9. The molecule has 5 rings (SSSR count). The van der Waals surface area contributed by atoms with E-state index in [0.717, 1.165) is 26.9 Å². The van der Waals surface area contributed by atoms with Crippen molar-refractivity contribution in [2.24, 2.45) is 11.1 Å². The van der Waals surface area contributed by atoms with Gasteiger partial charge in [-0.2, -0.15) is 5.26 Å². The second-order valence-electron chi connectivity index (χ2n) is 10.2. The Balaban J connectivity index is 1.55. The molecule has 7 nitrogen and oxygen atoms in total. The molecule has 0 saturated carbocycles. The number of Topliss-reactive ketones (excluding diaryl/α,β-unsaturated/α-hetero) is 1. The molecule has 0 amide bonds. The number of aromatic nitrogens is 2. The number of ether oxygens (including phenoxy) is 1. The van der Waals surface area contributed by atoms with Crippen LogP contribution in [0.5, 0.6) is 5.75 Å². The van der Waals surface area contributed by atoms with Crippen LogP contribution in [0.25, 0.3) is 0 Å². The maximum Gasteiger partial charge on any atom is 0.219 e. The molecule has 1 aromatic heterocycles. The number of rotatable bonds is 7. The number of benzene rings is 2. The first-order valence-electron chi connectivity index (χ1n) is 12.6. The molecule has 0 spiro atoms. The lowest BCUT2D eigenvalue weighted by Gasteiger charge is -2.42. The van der Waals surface area contributed by atoms with E-state index >= 15 is 0 Å². The van der Waals surface area contributed by atoms with Crippen LogP contribution in [0.3, 0.4) is 0 Å². The molecule has 2 heterocycles. The summed E-state index contributed by atoms with van der Waals surface area (Å²) in [4.78, 5) is 15.5. The van der Waals surface area contributed by atoms with Crippen LogP contribution in [0, 0.1) is 16.7 Å². The van der Waals surface area contributed by atoms with Gasteiger partial charge < -0.3 is 10.5 Å². The molecule has 200 valence electrons. The van der Waals surface area contributed by atoms with Crippen LogP contribution >= 0.6 is 34.7 Å². The second kappa shape index (κ2) is 11.0. The minimum atomic E-state index is -0.553. The van der Waals surface area contributed by atoms with Gasteiger partial charge in [0.15, 0.2) is 10.1 Å². The standard InChI is InChI=1S/C29H28ClN5O2S2/c1-4-37-19-11-9-17(10-12-19)24-20(15-31)26(32)35(22-13-29(2,3)14-23(36)25(22)24)27-33-34-28(39-27)38-16-18-7-5-6-8-21(18)30/h5-12,24H,4,13-14,16,32H2,1-3H3/t24-/m1/s1. The summed E-state index contributed by atoms with van der Waals surface area (Å²) in [6.45, 7) is 6.62. The molecule has 1 atom stereocenters. The highest BCUT2D eigenvalue weighted by Crippen LogP contribution is 2.51. The fourth-order valence-electron chi connectivity index (χ4n) is 5.09.